The van der Waals surface area contributed by atoms with E-state index in [2.05, 4.69) is 38.0 Å². The van der Waals surface area contributed by atoms with Crippen LogP contribution in [0.5, 0.6) is 0 Å². The predicted octanol–water partition coefficient (Wildman–Crippen LogP) is 3.32. The maximum absolute atomic E-state index is 4.22. The van der Waals surface area contributed by atoms with Crippen LogP contribution in [0, 0.1) is 0 Å². The summed E-state index contributed by atoms with van der Waals surface area (Å²) in [5.41, 5.74) is 6.27. The molecule has 0 spiro atoms. The third-order valence-electron chi connectivity index (χ3n) is 3.05. The van der Waals surface area contributed by atoms with Crippen LogP contribution in [0.4, 0.5) is 0 Å². The fourth-order valence-electron chi connectivity index (χ4n) is 1.48. The maximum atomic E-state index is 4.22. The first-order valence-electron chi connectivity index (χ1n) is 5.48. The van der Waals surface area contributed by atoms with E-state index in [-0.39, 0.29) is 0 Å². The van der Waals surface area contributed by atoms with Crippen LogP contribution in [-0.2, 0) is 0 Å². The molecule has 0 radical (unpaired) electrons. The number of hydrogen-bond acceptors (Lipinski definition) is 2. The highest BCUT2D eigenvalue weighted by Gasteiger charge is 2.07. The minimum Gasteiger partial charge on any atom is -0.388 e. The molecule has 0 heterocycles. The molecule has 0 unspecified atom stereocenters. The first-order chi connectivity index (χ1) is 6.99. The molecule has 0 aromatic heterocycles. The Kier molecular flexibility index (Phi) is 5.99. The van der Waals surface area contributed by atoms with Gasteiger partial charge in [0.1, 0.15) is 0 Å². The SMILES string of the molecule is CC/C(C)=C(C)/C(NC)=C(C)/C(C)=N/C. The van der Waals surface area contributed by atoms with Gasteiger partial charge in [0.25, 0.3) is 0 Å². The van der Waals surface area contributed by atoms with E-state index >= 15 is 0 Å². The van der Waals surface area contributed by atoms with Crippen molar-refractivity contribution in [3.63, 3.8) is 0 Å². The Morgan fingerprint density at radius 3 is 1.93 bits per heavy atom. The van der Waals surface area contributed by atoms with Crippen LogP contribution in [0.1, 0.15) is 41.0 Å². The Morgan fingerprint density at radius 2 is 1.60 bits per heavy atom. The molecular formula is C13H24N2. The van der Waals surface area contributed by atoms with Gasteiger partial charge in [0.05, 0.1) is 0 Å². The van der Waals surface area contributed by atoms with E-state index in [9.17, 15) is 0 Å². The Balaban J connectivity index is 5.43. The third kappa shape index (κ3) is 3.54. The second-order valence-corrected chi connectivity index (χ2v) is 3.82. The van der Waals surface area contributed by atoms with E-state index in [1.807, 2.05) is 21.0 Å². The lowest BCUT2D eigenvalue weighted by Crippen LogP contribution is -2.14. The average molecular weight is 208 g/mol. The summed E-state index contributed by atoms with van der Waals surface area (Å²) >= 11 is 0. The molecule has 0 aliphatic rings. The van der Waals surface area contributed by atoms with Crippen molar-refractivity contribution in [2.75, 3.05) is 14.1 Å². The number of nitrogens with zero attached hydrogens (tertiary/aromatic N) is 1. The summed E-state index contributed by atoms with van der Waals surface area (Å²) in [4.78, 5) is 4.22. The van der Waals surface area contributed by atoms with E-state index in [0.29, 0.717) is 0 Å². The highest BCUT2D eigenvalue weighted by molar-refractivity contribution is 5.98. The van der Waals surface area contributed by atoms with Crippen molar-refractivity contribution in [1.82, 2.24) is 5.32 Å². The zero-order valence-electron chi connectivity index (χ0n) is 11.2. The largest absolute Gasteiger partial charge is 0.388 e. The molecule has 0 aliphatic heterocycles. The summed E-state index contributed by atoms with van der Waals surface area (Å²) in [5, 5.41) is 3.27. The standard InChI is InChI=1S/C13H24N2/c1-8-9(2)10(3)13(15-7)11(4)12(5)14-6/h15H,8H2,1-7H3/b10-9+,13-11-,14-12+. The van der Waals surface area contributed by atoms with Crippen molar-refractivity contribution < 1.29 is 0 Å². The minimum atomic E-state index is 1.09. The summed E-state index contributed by atoms with van der Waals surface area (Å²) in [5.74, 6) is 0. The lowest BCUT2D eigenvalue weighted by atomic mass is 10.0. The summed E-state index contributed by atoms with van der Waals surface area (Å²) in [6.45, 7) is 10.7. The van der Waals surface area contributed by atoms with Crippen LogP contribution < -0.4 is 5.32 Å². The van der Waals surface area contributed by atoms with Gasteiger partial charge in [-0.2, -0.15) is 0 Å². The fourth-order valence-corrected chi connectivity index (χ4v) is 1.48. The predicted molar refractivity (Wildman–Crippen MR) is 69.5 cm³/mol. The molecule has 2 heteroatoms. The highest BCUT2D eigenvalue weighted by atomic mass is 14.8. The summed E-state index contributed by atoms with van der Waals surface area (Å²) < 4.78 is 0. The van der Waals surface area contributed by atoms with Gasteiger partial charge in [-0.1, -0.05) is 12.5 Å². The molecule has 86 valence electrons. The molecule has 0 amide bonds. The highest BCUT2D eigenvalue weighted by Crippen LogP contribution is 2.18. The molecule has 0 atom stereocenters. The summed E-state index contributed by atoms with van der Waals surface area (Å²) in [6, 6.07) is 0. The van der Waals surface area contributed by atoms with E-state index in [1.54, 1.807) is 0 Å². The van der Waals surface area contributed by atoms with Crippen molar-refractivity contribution in [3.8, 4) is 0 Å². The van der Waals surface area contributed by atoms with Gasteiger partial charge < -0.3 is 5.32 Å². The van der Waals surface area contributed by atoms with Crippen LogP contribution in [0.2, 0.25) is 0 Å². The molecule has 0 saturated carbocycles. The molecule has 0 bridgehead atoms. The number of rotatable bonds is 4. The van der Waals surface area contributed by atoms with Gasteiger partial charge in [0.15, 0.2) is 0 Å². The van der Waals surface area contributed by atoms with Crippen LogP contribution in [0.3, 0.4) is 0 Å². The first-order valence-corrected chi connectivity index (χ1v) is 5.48. The second-order valence-electron chi connectivity index (χ2n) is 3.82. The van der Waals surface area contributed by atoms with Gasteiger partial charge in [-0.25, -0.2) is 0 Å². The van der Waals surface area contributed by atoms with Crippen molar-refractivity contribution in [1.29, 1.82) is 0 Å². The molecule has 0 rings (SSSR count). The molecule has 0 saturated heterocycles. The Labute approximate surface area is 94.2 Å². The normalized spacial score (nSPS) is 15.8. The number of hydrogen-bond donors (Lipinski definition) is 1. The molecule has 0 aromatic carbocycles. The summed E-state index contributed by atoms with van der Waals surface area (Å²) in [7, 11) is 3.80. The van der Waals surface area contributed by atoms with Crippen LogP contribution in [0.25, 0.3) is 0 Å². The molecule has 0 aromatic rings. The Hall–Kier alpha value is -1.05. The van der Waals surface area contributed by atoms with E-state index in [0.717, 1.165) is 12.1 Å². The number of nitrogens with one attached hydrogen (secondary N) is 1. The molecule has 0 fully saturated rings. The Morgan fingerprint density at radius 1 is 1.07 bits per heavy atom. The zero-order valence-corrected chi connectivity index (χ0v) is 11.2. The van der Waals surface area contributed by atoms with E-state index in [4.69, 9.17) is 0 Å². The third-order valence-corrected chi connectivity index (χ3v) is 3.05. The van der Waals surface area contributed by atoms with Crippen molar-refractivity contribution in [2.24, 2.45) is 4.99 Å². The van der Waals surface area contributed by atoms with Gasteiger partial charge in [-0.05, 0) is 45.3 Å². The second kappa shape index (κ2) is 6.44. The fraction of sp³-hybridized carbons (Fsp3) is 0.615. The lowest BCUT2D eigenvalue weighted by Gasteiger charge is -2.15. The number of likely N-dealkylation sites (N-methyl/N-ethyl adjacent to an activating group) is 1. The zero-order chi connectivity index (χ0) is 12.0. The molecule has 15 heavy (non-hydrogen) atoms. The minimum absolute atomic E-state index is 1.09. The molecule has 2 nitrogen and oxygen atoms in total. The van der Waals surface area contributed by atoms with Crippen molar-refractivity contribution >= 4 is 5.71 Å². The van der Waals surface area contributed by atoms with E-state index < -0.39 is 0 Å². The average Bonchev–Trinajstić information content (AvgIpc) is 2.27. The topological polar surface area (TPSA) is 24.4 Å². The van der Waals surface area contributed by atoms with Crippen LogP contribution in [0.15, 0.2) is 27.4 Å². The van der Waals surface area contributed by atoms with Crippen LogP contribution in [-0.4, -0.2) is 19.8 Å². The van der Waals surface area contributed by atoms with E-state index in [1.165, 1.54) is 22.4 Å². The van der Waals surface area contributed by atoms with Gasteiger partial charge in [0.2, 0.25) is 0 Å². The monoisotopic (exact) mass is 208 g/mol. The Bertz CT molecular complexity index is 306. The molecular weight excluding hydrogens is 184 g/mol. The number of aliphatic imine (C=N–C) groups is 1. The first kappa shape index (κ1) is 13.9. The quantitative estimate of drug-likeness (QED) is 0.556. The van der Waals surface area contributed by atoms with Gasteiger partial charge in [-0.3, -0.25) is 4.99 Å². The number of allylic oxidation sites excluding steroid dienone is 3. The van der Waals surface area contributed by atoms with Crippen LogP contribution >= 0.6 is 0 Å². The smallest absolute Gasteiger partial charge is 0.0414 e. The van der Waals surface area contributed by atoms with Gasteiger partial charge in [0, 0.05) is 25.5 Å². The lowest BCUT2D eigenvalue weighted by molar-refractivity contribution is 0.948. The summed E-state index contributed by atoms with van der Waals surface area (Å²) in [6.07, 6.45) is 1.09. The van der Waals surface area contributed by atoms with Crippen molar-refractivity contribution in [2.45, 2.75) is 41.0 Å². The van der Waals surface area contributed by atoms with Gasteiger partial charge >= 0.3 is 0 Å². The maximum Gasteiger partial charge on any atom is 0.0414 e. The molecule has 1 N–H and O–H groups in total. The molecule has 0 aliphatic carbocycles. The van der Waals surface area contributed by atoms with Crippen molar-refractivity contribution in [3.05, 3.63) is 22.4 Å². The van der Waals surface area contributed by atoms with Gasteiger partial charge in [-0.15, -0.1) is 0 Å².